The fourth-order valence-electron chi connectivity index (χ4n) is 2.38. The molecule has 0 saturated heterocycles. The Morgan fingerprint density at radius 1 is 1.53 bits per heavy atom. The van der Waals surface area contributed by atoms with E-state index in [0.717, 1.165) is 37.9 Å². The number of rotatable bonds is 9. The monoisotopic (exact) mass is 267 g/mol. The van der Waals surface area contributed by atoms with Crippen LogP contribution in [0.15, 0.2) is 6.20 Å². The van der Waals surface area contributed by atoms with E-state index in [1.54, 1.807) is 7.11 Å². The summed E-state index contributed by atoms with van der Waals surface area (Å²) in [5.74, 6) is 0.868. The Kier molecular flexibility index (Phi) is 5.30. The number of nitrogens with zero attached hydrogens (tertiary/aromatic N) is 4. The highest BCUT2D eigenvalue weighted by Crippen LogP contribution is 2.34. The van der Waals surface area contributed by atoms with Crippen LogP contribution in [0.5, 0.6) is 0 Å². The summed E-state index contributed by atoms with van der Waals surface area (Å²) in [4.78, 5) is 2.49. The van der Waals surface area contributed by atoms with E-state index in [9.17, 15) is 0 Å². The maximum Gasteiger partial charge on any atom is 0.0962 e. The van der Waals surface area contributed by atoms with Crippen LogP contribution in [0.1, 0.15) is 25.5 Å². The van der Waals surface area contributed by atoms with E-state index in [1.807, 2.05) is 10.9 Å². The van der Waals surface area contributed by atoms with Gasteiger partial charge in [0.1, 0.15) is 0 Å². The summed E-state index contributed by atoms with van der Waals surface area (Å²) in [6.07, 6.45) is 4.66. The van der Waals surface area contributed by atoms with Gasteiger partial charge in [-0.1, -0.05) is 5.21 Å². The number of ether oxygens (including phenoxy) is 1. The Labute approximate surface area is 114 Å². The van der Waals surface area contributed by atoms with Gasteiger partial charge in [-0.2, -0.15) is 0 Å². The third-order valence-corrected chi connectivity index (χ3v) is 3.87. The van der Waals surface area contributed by atoms with Crippen molar-refractivity contribution < 1.29 is 4.74 Å². The van der Waals surface area contributed by atoms with Crippen molar-refractivity contribution >= 4 is 0 Å². The zero-order chi connectivity index (χ0) is 13.7. The lowest BCUT2D eigenvalue weighted by Gasteiger charge is -2.28. The molecule has 1 aromatic heterocycles. The van der Waals surface area contributed by atoms with Crippen LogP contribution in [0.25, 0.3) is 0 Å². The van der Waals surface area contributed by atoms with Gasteiger partial charge in [0.25, 0.3) is 0 Å². The molecule has 6 nitrogen and oxygen atoms in total. The molecular formula is C13H25N5O. The topological polar surface area (TPSA) is 69.2 Å². The molecule has 0 amide bonds. The smallest absolute Gasteiger partial charge is 0.0962 e. The normalized spacial score (nSPS) is 17.1. The molecule has 2 rings (SSSR count). The molecule has 0 bridgehead atoms. The van der Waals surface area contributed by atoms with Crippen LogP contribution in [0.3, 0.4) is 0 Å². The van der Waals surface area contributed by atoms with E-state index in [-0.39, 0.29) is 0 Å². The standard InChI is InChI=1S/C13H25N5O/c1-11(12-3-4-12)17(7-8-19-2)5-6-18-10-13(9-14)15-16-18/h10-12H,3-9,14H2,1-2H3. The third-order valence-electron chi connectivity index (χ3n) is 3.87. The van der Waals surface area contributed by atoms with Crippen molar-refractivity contribution in [2.24, 2.45) is 11.7 Å². The van der Waals surface area contributed by atoms with Crippen LogP contribution < -0.4 is 5.73 Å². The lowest BCUT2D eigenvalue weighted by Crippen LogP contribution is -2.39. The first-order valence-electron chi connectivity index (χ1n) is 7.06. The Balaban J connectivity index is 1.83. The molecule has 1 aliphatic carbocycles. The average molecular weight is 267 g/mol. The largest absolute Gasteiger partial charge is 0.383 e. The van der Waals surface area contributed by atoms with Crippen LogP contribution >= 0.6 is 0 Å². The first kappa shape index (κ1) is 14.4. The Bertz CT molecular complexity index is 377. The van der Waals surface area contributed by atoms with E-state index < -0.39 is 0 Å². The van der Waals surface area contributed by atoms with Gasteiger partial charge in [-0.3, -0.25) is 9.58 Å². The van der Waals surface area contributed by atoms with E-state index in [1.165, 1.54) is 12.8 Å². The van der Waals surface area contributed by atoms with Gasteiger partial charge in [0.2, 0.25) is 0 Å². The van der Waals surface area contributed by atoms with Gasteiger partial charge in [0.15, 0.2) is 0 Å². The highest BCUT2D eigenvalue weighted by atomic mass is 16.5. The quantitative estimate of drug-likeness (QED) is 0.705. The predicted molar refractivity (Wildman–Crippen MR) is 73.5 cm³/mol. The van der Waals surface area contributed by atoms with Crippen LogP contribution in [-0.4, -0.2) is 52.7 Å². The summed E-state index contributed by atoms with van der Waals surface area (Å²) in [6.45, 7) is 6.36. The molecule has 1 aromatic rings. The summed E-state index contributed by atoms with van der Waals surface area (Å²) >= 11 is 0. The number of hydrogen-bond donors (Lipinski definition) is 1. The fraction of sp³-hybridized carbons (Fsp3) is 0.846. The van der Waals surface area contributed by atoms with Crippen LogP contribution in [0.4, 0.5) is 0 Å². The van der Waals surface area contributed by atoms with Gasteiger partial charge >= 0.3 is 0 Å². The highest BCUT2D eigenvalue weighted by Gasteiger charge is 2.31. The lowest BCUT2D eigenvalue weighted by atomic mass is 10.2. The van der Waals surface area contributed by atoms with Gasteiger partial charge in [-0.15, -0.1) is 5.10 Å². The molecule has 0 spiro atoms. The number of methoxy groups -OCH3 is 1. The van der Waals surface area contributed by atoms with Crippen molar-refractivity contribution in [2.45, 2.75) is 38.9 Å². The van der Waals surface area contributed by atoms with Crippen molar-refractivity contribution in [2.75, 3.05) is 26.8 Å². The van der Waals surface area contributed by atoms with Crippen LogP contribution in [0.2, 0.25) is 0 Å². The van der Waals surface area contributed by atoms with E-state index in [4.69, 9.17) is 10.5 Å². The van der Waals surface area contributed by atoms with E-state index in [2.05, 4.69) is 22.1 Å². The Morgan fingerprint density at radius 3 is 2.89 bits per heavy atom. The molecule has 6 heteroatoms. The summed E-state index contributed by atoms with van der Waals surface area (Å²) < 4.78 is 7.08. The van der Waals surface area contributed by atoms with E-state index >= 15 is 0 Å². The molecule has 0 radical (unpaired) electrons. The molecule has 2 N–H and O–H groups in total. The lowest BCUT2D eigenvalue weighted by molar-refractivity contribution is 0.113. The minimum absolute atomic E-state index is 0.450. The van der Waals surface area contributed by atoms with Crippen molar-refractivity contribution in [1.82, 2.24) is 19.9 Å². The molecule has 19 heavy (non-hydrogen) atoms. The molecule has 1 unspecified atom stereocenters. The van der Waals surface area contributed by atoms with Gasteiger partial charge in [0.05, 0.1) is 18.8 Å². The summed E-state index contributed by atoms with van der Waals surface area (Å²) in [6, 6.07) is 0.632. The summed E-state index contributed by atoms with van der Waals surface area (Å²) in [7, 11) is 1.75. The Morgan fingerprint density at radius 2 is 2.32 bits per heavy atom. The maximum atomic E-state index is 5.54. The highest BCUT2D eigenvalue weighted by molar-refractivity contribution is 4.90. The van der Waals surface area contributed by atoms with Crippen molar-refractivity contribution in [1.29, 1.82) is 0 Å². The van der Waals surface area contributed by atoms with Gasteiger partial charge in [0, 0.05) is 39.0 Å². The average Bonchev–Trinajstić information content (AvgIpc) is 3.18. The molecule has 108 valence electrons. The molecule has 0 aliphatic heterocycles. The SMILES string of the molecule is COCCN(CCn1cc(CN)nn1)C(C)C1CC1. The van der Waals surface area contributed by atoms with Crippen LogP contribution in [0, 0.1) is 5.92 Å². The predicted octanol–water partition coefficient (Wildman–Crippen LogP) is 0.484. The number of hydrogen-bond acceptors (Lipinski definition) is 5. The molecular weight excluding hydrogens is 242 g/mol. The zero-order valence-corrected chi connectivity index (χ0v) is 12.0. The fourth-order valence-corrected chi connectivity index (χ4v) is 2.38. The van der Waals surface area contributed by atoms with Gasteiger partial charge in [-0.25, -0.2) is 0 Å². The second-order valence-corrected chi connectivity index (χ2v) is 5.28. The third kappa shape index (κ3) is 4.26. The molecule has 0 aromatic carbocycles. The Hall–Kier alpha value is -0.980. The minimum atomic E-state index is 0.450. The number of aromatic nitrogens is 3. The molecule has 1 aliphatic rings. The second kappa shape index (κ2) is 6.98. The molecule has 1 saturated carbocycles. The zero-order valence-electron chi connectivity index (χ0n) is 12.0. The maximum absolute atomic E-state index is 5.54. The molecule has 1 fully saturated rings. The van der Waals surface area contributed by atoms with E-state index in [0.29, 0.717) is 12.6 Å². The summed E-state index contributed by atoms with van der Waals surface area (Å²) in [5, 5.41) is 8.10. The van der Waals surface area contributed by atoms with Crippen molar-refractivity contribution in [3.8, 4) is 0 Å². The minimum Gasteiger partial charge on any atom is -0.383 e. The van der Waals surface area contributed by atoms with Crippen molar-refractivity contribution in [3.63, 3.8) is 0 Å². The first-order valence-corrected chi connectivity index (χ1v) is 7.06. The molecule has 1 heterocycles. The van der Waals surface area contributed by atoms with Gasteiger partial charge in [-0.05, 0) is 25.7 Å². The first-order chi connectivity index (χ1) is 9.24. The van der Waals surface area contributed by atoms with Crippen molar-refractivity contribution in [3.05, 3.63) is 11.9 Å². The van der Waals surface area contributed by atoms with Gasteiger partial charge < -0.3 is 10.5 Å². The molecule has 1 atom stereocenters. The summed E-state index contributed by atoms with van der Waals surface area (Å²) in [5.41, 5.74) is 6.38. The second-order valence-electron chi connectivity index (χ2n) is 5.28. The van der Waals surface area contributed by atoms with Crippen LogP contribution in [-0.2, 0) is 17.8 Å². The number of nitrogens with two attached hydrogens (primary N) is 1.